The molecule has 0 saturated heterocycles. The van der Waals surface area contributed by atoms with E-state index in [0.29, 0.717) is 17.8 Å². The number of H-pyrrole nitrogens is 1. The van der Waals surface area contributed by atoms with Crippen LogP contribution in [0, 0.1) is 5.92 Å². The third kappa shape index (κ3) is 7.17. The van der Waals surface area contributed by atoms with Crippen molar-refractivity contribution in [3.05, 3.63) is 65.9 Å². The van der Waals surface area contributed by atoms with Crippen LogP contribution < -0.4 is 16.0 Å². The number of aromatic nitrogens is 1. The SMILES string of the molecule is CC(=O)NC(Cc1c[nH]c2ccccc12)C(=O)OCC(=O)Nc1ccccc1C(=O)NCC(C)C. The van der Waals surface area contributed by atoms with E-state index in [4.69, 9.17) is 4.74 Å². The van der Waals surface area contributed by atoms with Crippen molar-refractivity contribution in [2.45, 2.75) is 33.2 Å². The summed E-state index contributed by atoms with van der Waals surface area (Å²) in [7, 11) is 0. The molecule has 35 heavy (non-hydrogen) atoms. The number of amides is 3. The summed E-state index contributed by atoms with van der Waals surface area (Å²) < 4.78 is 5.20. The number of anilines is 1. The summed E-state index contributed by atoms with van der Waals surface area (Å²) in [5, 5.41) is 8.95. The van der Waals surface area contributed by atoms with E-state index in [2.05, 4.69) is 20.9 Å². The minimum absolute atomic E-state index is 0.197. The summed E-state index contributed by atoms with van der Waals surface area (Å²) in [5.74, 6) is -1.76. The van der Waals surface area contributed by atoms with Crippen molar-refractivity contribution in [2.75, 3.05) is 18.5 Å². The maximum Gasteiger partial charge on any atom is 0.329 e. The van der Waals surface area contributed by atoms with Gasteiger partial charge in [-0.2, -0.15) is 0 Å². The van der Waals surface area contributed by atoms with Crippen LogP contribution in [0.2, 0.25) is 0 Å². The van der Waals surface area contributed by atoms with E-state index in [1.54, 1.807) is 30.5 Å². The first-order valence-corrected chi connectivity index (χ1v) is 11.4. The Balaban J connectivity index is 1.62. The number of fused-ring (bicyclic) bond motifs is 1. The molecule has 1 aromatic heterocycles. The van der Waals surface area contributed by atoms with Gasteiger partial charge in [0.2, 0.25) is 5.91 Å². The second-order valence-corrected chi connectivity index (χ2v) is 8.62. The number of aromatic amines is 1. The molecular weight excluding hydrogens is 448 g/mol. The van der Waals surface area contributed by atoms with E-state index in [1.807, 2.05) is 38.1 Å². The van der Waals surface area contributed by atoms with E-state index in [1.165, 1.54) is 6.92 Å². The molecule has 1 heterocycles. The first kappa shape index (κ1) is 25.5. The van der Waals surface area contributed by atoms with Gasteiger partial charge in [-0.25, -0.2) is 4.79 Å². The molecule has 2 aromatic carbocycles. The van der Waals surface area contributed by atoms with Crippen molar-refractivity contribution in [1.82, 2.24) is 15.6 Å². The lowest BCUT2D eigenvalue weighted by Crippen LogP contribution is -2.43. The van der Waals surface area contributed by atoms with Crippen molar-refractivity contribution in [3.8, 4) is 0 Å². The van der Waals surface area contributed by atoms with Crippen molar-refractivity contribution >= 4 is 40.3 Å². The molecule has 4 N–H and O–H groups in total. The molecule has 0 aliphatic heterocycles. The molecule has 0 saturated carbocycles. The Morgan fingerprint density at radius 2 is 1.71 bits per heavy atom. The third-order valence-electron chi connectivity index (χ3n) is 5.22. The molecule has 1 atom stereocenters. The lowest BCUT2D eigenvalue weighted by molar-refractivity contribution is -0.150. The van der Waals surface area contributed by atoms with E-state index in [0.717, 1.165) is 16.5 Å². The molecule has 0 bridgehead atoms. The van der Waals surface area contributed by atoms with Crippen LogP contribution in [0.3, 0.4) is 0 Å². The highest BCUT2D eigenvalue weighted by Crippen LogP contribution is 2.19. The fraction of sp³-hybridized carbons (Fsp3) is 0.308. The predicted octanol–water partition coefficient (Wildman–Crippen LogP) is 2.78. The highest BCUT2D eigenvalue weighted by atomic mass is 16.5. The zero-order valence-corrected chi connectivity index (χ0v) is 20.0. The summed E-state index contributed by atoms with van der Waals surface area (Å²) >= 11 is 0. The quantitative estimate of drug-likeness (QED) is 0.333. The highest BCUT2D eigenvalue weighted by Gasteiger charge is 2.24. The van der Waals surface area contributed by atoms with Crippen LogP contribution >= 0.6 is 0 Å². The molecule has 0 aliphatic rings. The largest absolute Gasteiger partial charge is 0.454 e. The molecule has 3 aromatic rings. The second kappa shape index (κ2) is 11.8. The monoisotopic (exact) mass is 478 g/mol. The number of hydrogen-bond acceptors (Lipinski definition) is 5. The number of carbonyl (C=O) groups is 4. The van der Waals surface area contributed by atoms with Crippen LogP contribution in [-0.4, -0.2) is 47.9 Å². The second-order valence-electron chi connectivity index (χ2n) is 8.62. The zero-order chi connectivity index (χ0) is 25.4. The first-order valence-electron chi connectivity index (χ1n) is 11.4. The normalized spacial score (nSPS) is 11.7. The van der Waals surface area contributed by atoms with Crippen LogP contribution in [0.4, 0.5) is 5.69 Å². The standard InChI is InChI=1S/C26H30N4O5/c1-16(2)13-28-25(33)20-9-5-7-11-22(20)30-24(32)15-35-26(34)23(29-17(3)31)12-18-14-27-21-10-6-4-8-19(18)21/h4-11,14,16,23,27H,12-13,15H2,1-3H3,(H,28,33)(H,29,31)(H,30,32). The number of esters is 1. The lowest BCUT2D eigenvalue weighted by atomic mass is 10.0. The van der Waals surface area contributed by atoms with Gasteiger partial charge < -0.3 is 25.7 Å². The average molecular weight is 479 g/mol. The molecule has 9 nitrogen and oxygen atoms in total. The van der Waals surface area contributed by atoms with E-state index >= 15 is 0 Å². The highest BCUT2D eigenvalue weighted by molar-refractivity contribution is 6.04. The number of rotatable bonds is 10. The molecule has 3 amide bonds. The fourth-order valence-electron chi connectivity index (χ4n) is 3.56. The Labute approximate surface area is 203 Å². The smallest absolute Gasteiger partial charge is 0.329 e. The van der Waals surface area contributed by atoms with Crippen molar-refractivity contribution in [3.63, 3.8) is 0 Å². The maximum atomic E-state index is 12.7. The molecule has 1 unspecified atom stereocenters. The molecule has 0 aliphatic carbocycles. The minimum atomic E-state index is -0.964. The number of hydrogen-bond donors (Lipinski definition) is 4. The Hall–Kier alpha value is -4.14. The van der Waals surface area contributed by atoms with Gasteiger partial charge in [0.25, 0.3) is 11.8 Å². The van der Waals surface area contributed by atoms with E-state index in [9.17, 15) is 19.2 Å². The van der Waals surface area contributed by atoms with E-state index in [-0.39, 0.29) is 18.2 Å². The van der Waals surface area contributed by atoms with Gasteiger partial charge in [0.1, 0.15) is 6.04 Å². The summed E-state index contributed by atoms with van der Waals surface area (Å²) in [4.78, 5) is 52.5. The average Bonchev–Trinajstić information content (AvgIpc) is 3.23. The summed E-state index contributed by atoms with van der Waals surface area (Å²) in [6, 6.07) is 13.2. The van der Waals surface area contributed by atoms with Gasteiger partial charge in [0, 0.05) is 37.0 Å². The van der Waals surface area contributed by atoms with Gasteiger partial charge >= 0.3 is 5.97 Å². The predicted molar refractivity (Wildman–Crippen MR) is 133 cm³/mol. The van der Waals surface area contributed by atoms with Gasteiger partial charge in [-0.15, -0.1) is 0 Å². The van der Waals surface area contributed by atoms with Gasteiger partial charge in [0.15, 0.2) is 6.61 Å². The van der Waals surface area contributed by atoms with Gasteiger partial charge in [-0.05, 0) is 29.7 Å². The van der Waals surface area contributed by atoms with Crippen molar-refractivity contribution in [2.24, 2.45) is 5.92 Å². The Kier molecular flexibility index (Phi) is 8.61. The number of carbonyl (C=O) groups excluding carboxylic acids is 4. The number of ether oxygens (including phenoxy) is 1. The van der Waals surface area contributed by atoms with Crippen molar-refractivity contribution < 1.29 is 23.9 Å². The molecule has 184 valence electrons. The van der Waals surface area contributed by atoms with Crippen LogP contribution in [-0.2, 0) is 25.5 Å². The molecule has 0 fully saturated rings. The minimum Gasteiger partial charge on any atom is -0.454 e. The molecular formula is C26H30N4O5. The molecule has 3 rings (SSSR count). The number of para-hydroxylation sites is 2. The van der Waals surface area contributed by atoms with E-state index < -0.39 is 30.4 Å². The van der Waals surface area contributed by atoms with Gasteiger partial charge in [0.05, 0.1) is 11.3 Å². The topological polar surface area (TPSA) is 129 Å². The Bertz CT molecular complexity index is 1220. The Morgan fingerprint density at radius 1 is 1.00 bits per heavy atom. The molecule has 0 radical (unpaired) electrons. The van der Waals surface area contributed by atoms with Crippen LogP contribution in [0.15, 0.2) is 54.7 Å². The molecule has 9 heteroatoms. The summed E-state index contributed by atoms with van der Waals surface area (Å²) in [6.45, 7) is 5.21. The lowest BCUT2D eigenvalue weighted by Gasteiger charge is -2.17. The number of nitrogens with one attached hydrogen (secondary N) is 4. The maximum absolute atomic E-state index is 12.7. The van der Waals surface area contributed by atoms with Gasteiger partial charge in [-0.3, -0.25) is 14.4 Å². The van der Waals surface area contributed by atoms with Crippen molar-refractivity contribution in [1.29, 1.82) is 0 Å². The van der Waals surface area contributed by atoms with Crippen LogP contribution in [0.1, 0.15) is 36.7 Å². The summed E-state index contributed by atoms with van der Waals surface area (Å²) in [6.07, 6.45) is 1.98. The van der Waals surface area contributed by atoms with Gasteiger partial charge in [-0.1, -0.05) is 44.2 Å². The zero-order valence-electron chi connectivity index (χ0n) is 20.0. The van der Waals surface area contributed by atoms with Crippen LogP contribution in [0.5, 0.6) is 0 Å². The summed E-state index contributed by atoms with van der Waals surface area (Å²) in [5.41, 5.74) is 2.37. The number of benzene rings is 2. The van der Waals surface area contributed by atoms with Crippen LogP contribution in [0.25, 0.3) is 10.9 Å². The first-order chi connectivity index (χ1) is 16.7. The Morgan fingerprint density at radius 3 is 2.46 bits per heavy atom. The molecule has 0 spiro atoms. The fourth-order valence-corrected chi connectivity index (χ4v) is 3.56. The third-order valence-corrected chi connectivity index (χ3v) is 5.22.